The number of carboxylic acids is 1. The molecule has 2 aromatic rings. The number of fused-ring (bicyclic) bond motifs is 1. The second-order valence-corrected chi connectivity index (χ2v) is 6.17. The van der Waals surface area contributed by atoms with Crippen LogP contribution in [0, 0.1) is 5.92 Å². The van der Waals surface area contributed by atoms with Crippen LogP contribution in [-0.2, 0) is 11.2 Å². The molecule has 5 heteroatoms. The third-order valence-corrected chi connectivity index (χ3v) is 4.40. The van der Waals surface area contributed by atoms with Crippen molar-refractivity contribution in [2.45, 2.75) is 26.6 Å². The molecule has 0 spiro atoms. The summed E-state index contributed by atoms with van der Waals surface area (Å²) >= 11 is 0. The first kappa shape index (κ1) is 16.2. The average Bonchev–Trinajstić information content (AvgIpc) is 2.55. The van der Waals surface area contributed by atoms with E-state index < -0.39 is 12.3 Å². The molecule has 0 saturated carbocycles. The van der Waals surface area contributed by atoms with Gasteiger partial charge in [-0.1, -0.05) is 25.1 Å². The van der Waals surface area contributed by atoms with Gasteiger partial charge in [0, 0.05) is 18.5 Å². The summed E-state index contributed by atoms with van der Waals surface area (Å²) in [6, 6.07) is 12.1. The Balaban J connectivity index is 2.01. The summed E-state index contributed by atoms with van der Waals surface area (Å²) < 4.78 is 14.4. The Hall–Kier alpha value is -2.69. The van der Waals surface area contributed by atoms with Gasteiger partial charge in [0.15, 0.2) is 6.30 Å². The molecule has 0 bridgehead atoms. The molecule has 24 heavy (non-hydrogen) atoms. The molecular formula is C19H18FNO3. The quantitative estimate of drug-likeness (QED) is 0.851. The molecule has 1 N–H and O–H groups in total. The highest BCUT2D eigenvalue weighted by Crippen LogP contribution is 2.37. The molecule has 1 aliphatic rings. The highest BCUT2D eigenvalue weighted by Gasteiger charge is 2.34. The summed E-state index contributed by atoms with van der Waals surface area (Å²) in [6.45, 7) is 3.16. The van der Waals surface area contributed by atoms with E-state index in [0.717, 1.165) is 16.7 Å². The largest absolute Gasteiger partial charge is 0.478 e. The summed E-state index contributed by atoms with van der Waals surface area (Å²) in [5.74, 6) is -1.55. The number of amides is 1. The number of carbonyl (C=O) groups is 2. The maximum absolute atomic E-state index is 14.4. The van der Waals surface area contributed by atoms with Gasteiger partial charge in [0.1, 0.15) is 0 Å². The van der Waals surface area contributed by atoms with Crippen LogP contribution in [-0.4, -0.2) is 23.3 Å². The first-order chi connectivity index (χ1) is 11.4. The normalized spacial score (nSPS) is 19.7. The maximum atomic E-state index is 14.4. The van der Waals surface area contributed by atoms with Gasteiger partial charge >= 0.3 is 5.97 Å². The third kappa shape index (κ3) is 2.77. The summed E-state index contributed by atoms with van der Waals surface area (Å²) in [5, 5.41) is 8.97. The van der Waals surface area contributed by atoms with Gasteiger partial charge in [0.05, 0.1) is 5.56 Å². The third-order valence-electron chi connectivity index (χ3n) is 4.40. The van der Waals surface area contributed by atoms with Gasteiger partial charge < -0.3 is 5.11 Å². The Kier molecular flexibility index (Phi) is 4.09. The summed E-state index contributed by atoms with van der Waals surface area (Å²) in [7, 11) is 0. The predicted molar refractivity (Wildman–Crippen MR) is 89.8 cm³/mol. The van der Waals surface area contributed by atoms with Gasteiger partial charge in [-0.25, -0.2) is 9.18 Å². The van der Waals surface area contributed by atoms with Gasteiger partial charge in [-0.15, -0.1) is 0 Å². The van der Waals surface area contributed by atoms with E-state index in [2.05, 4.69) is 0 Å². The van der Waals surface area contributed by atoms with Crippen molar-refractivity contribution in [1.82, 2.24) is 0 Å². The van der Waals surface area contributed by atoms with Crippen LogP contribution in [0.25, 0.3) is 11.1 Å². The molecule has 2 aromatic carbocycles. The molecule has 0 saturated heterocycles. The molecule has 124 valence electrons. The number of anilines is 1. The second kappa shape index (κ2) is 6.07. The van der Waals surface area contributed by atoms with E-state index >= 15 is 0 Å². The molecule has 0 radical (unpaired) electrons. The van der Waals surface area contributed by atoms with E-state index in [1.54, 1.807) is 37.3 Å². The van der Waals surface area contributed by atoms with Crippen LogP contribution in [0.1, 0.15) is 29.8 Å². The maximum Gasteiger partial charge on any atom is 0.335 e. The van der Waals surface area contributed by atoms with E-state index in [0.29, 0.717) is 12.1 Å². The van der Waals surface area contributed by atoms with Crippen LogP contribution >= 0.6 is 0 Å². The Morgan fingerprint density at radius 3 is 2.33 bits per heavy atom. The first-order valence-electron chi connectivity index (χ1n) is 7.79. The summed E-state index contributed by atoms with van der Waals surface area (Å²) in [6.07, 6.45) is -0.753. The van der Waals surface area contributed by atoms with Crippen LogP contribution in [0.4, 0.5) is 10.1 Å². The molecular weight excluding hydrogens is 309 g/mol. The topological polar surface area (TPSA) is 57.6 Å². The van der Waals surface area contributed by atoms with Crippen molar-refractivity contribution >= 4 is 17.6 Å². The monoisotopic (exact) mass is 327 g/mol. The fourth-order valence-electron chi connectivity index (χ4n) is 3.14. The van der Waals surface area contributed by atoms with Crippen molar-refractivity contribution in [3.8, 4) is 11.1 Å². The lowest BCUT2D eigenvalue weighted by atomic mass is 9.90. The zero-order valence-electron chi connectivity index (χ0n) is 13.5. The zero-order chi connectivity index (χ0) is 17.4. The average molecular weight is 327 g/mol. The number of alkyl halides is 1. The minimum absolute atomic E-state index is 0.230. The highest BCUT2D eigenvalue weighted by molar-refractivity contribution is 5.94. The van der Waals surface area contributed by atoms with E-state index in [4.69, 9.17) is 5.11 Å². The fourth-order valence-corrected chi connectivity index (χ4v) is 3.14. The molecule has 0 unspecified atom stereocenters. The van der Waals surface area contributed by atoms with Crippen LogP contribution in [0.3, 0.4) is 0 Å². The lowest BCUT2D eigenvalue weighted by molar-refractivity contribution is -0.118. The Morgan fingerprint density at radius 2 is 1.75 bits per heavy atom. The Morgan fingerprint density at radius 1 is 1.12 bits per heavy atom. The van der Waals surface area contributed by atoms with Gasteiger partial charge in [-0.2, -0.15) is 0 Å². The Bertz CT molecular complexity index is 801. The van der Waals surface area contributed by atoms with Crippen LogP contribution < -0.4 is 4.90 Å². The zero-order valence-corrected chi connectivity index (χ0v) is 13.5. The summed E-state index contributed by atoms with van der Waals surface area (Å²) in [5.41, 5.74) is 3.56. The van der Waals surface area contributed by atoms with Crippen LogP contribution in [0.5, 0.6) is 0 Å². The number of halogens is 1. The second-order valence-electron chi connectivity index (χ2n) is 6.17. The number of nitrogens with zero attached hydrogens (tertiary/aromatic N) is 1. The number of hydrogen-bond donors (Lipinski definition) is 1. The van der Waals surface area contributed by atoms with E-state index in [9.17, 15) is 14.0 Å². The molecule has 1 aliphatic heterocycles. The minimum Gasteiger partial charge on any atom is -0.478 e. The fraction of sp³-hybridized carbons (Fsp3) is 0.263. The lowest BCUT2D eigenvalue weighted by Crippen LogP contribution is -2.44. The number of carbonyl (C=O) groups excluding carboxylic acids is 1. The molecule has 1 heterocycles. The molecule has 0 aromatic heterocycles. The van der Waals surface area contributed by atoms with Crippen molar-refractivity contribution in [3.63, 3.8) is 0 Å². The van der Waals surface area contributed by atoms with Crippen LogP contribution in [0.2, 0.25) is 0 Å². The Labute approximate surface area is 139 Å². The van der Waals surface area contributed by atoms with Crippen molar-refractivity contribution in [2.75, 3.05) is 4.90 Å². The van der Waals surface area contributed by atoms with Crippen molar-refractivity contribution in [2.24, 2.45) is 5.92 Å². The van der Waals surface area contributed by atoms with Gasteiger partial charge in [0.25, 0.3) is 0 Å². The molecule has 1 amide bonds. The molecule has 3 rings (SSSR count). The molecule has 2 atom stereocenters. The number of aromatic carboxylic acids is 1. The molecule has 4 nitrogen and oxygen atoms in total. The smallest absolute Gasteiger partial charge is 0.335 e. The van der Waals surface area contributed by atoms with E-state index in [-0.39, 0.29) is 17.4 Å². The van der Waals surface area contributed by atoms with Gasteiger partial charge in [-0.3, -0.25) is 9.69 Å². The number of hydrogen-bond acceptors (Lipinski definition) is 2. The first-order valence-corrected chi connectivity index (χ1v) is 7.79. The lowest BCUT2D eigenvalue weighted by Gasteiger charge is -2.36. The molecule has 0 fully saturated rings. The van der Waals surface area contributed by atoms with E-state index in [1.165, 1.54) is 11.8 Å². The minimum atomic E-state index is -1.31. The van der Waals surface area contributed by atoms with Crippen molar-refractivity contribution < 1.29 is 19.1 Å². The summed E-state index contributed by atoms with van der Waals surface area (Å²) in [4.78, 5) is 23.9. The number of rotatable bonds is 2. The number of benzene rings is 2. The highest BCUT2D eigenvalue weighted by atomic mass is 19.1. The standard InChI is InChI=1S/C19H18FNO3/c1-11-9-16-10-15(13-3-5-14(6-4-13)19(23)24)7-8-17(16)21(12(2)22)18(11)20/h3-8,10-11,18H,9H2,1-2H3,(H,23,24)/t11-,18-/m1/s1. The van der Waals surface area contributed by atoms with Gasteiger partial charge in [-0.05, 0) is 47.4 Å². The molecule has 0 aliphatic carbocycles. The van der Waals surface area contributed by atoms with E-state index in [1.807, 2.05) is 12.1 Å². The van der Waals surface area contributed by atoms with Crippen molar-refractivity contribution in [3.05, 3.63) is 53.6 Å². The number of carboxylic acid groups (broad SMARTS) is 1. The van der Waals surface area contributed by atoms with Crippen molar-refractivity contribution in [1.29, 1.82) is 0 Å². The predicted octanol–water partition coefficient (Wildman–Crippen LogP) is 3.89. The van der Waals surface area contributed by atoms with Crippen LogP contribution in [0.15, 0.2) is 42.5 Å². The van der Waals surface area contributed by atoms with Gasteiger partial charge in [0.2, 0.25) is 5.91 Å². The SMILES string of the molecule is CC(=O)N1c2ccc(-c3ccc(C(=O)O)cc3)cc2C[C@@H](C)[C@@H]1F.